The van der Waals surface area contributed by atoms with Crippen LogP contribution in [0.3, 0.4) is 0 Å². The monoisotopic (exact) mass is 313 g/mol. The van der Waals surface area contributed by atoms with Gasteiger partial charge in [0.1, 0.15) is 12.1 Å². The van der Waals surface area contributed by atoms with Crippen molar-refractivity contribution in [2.75, 3.05) is 18.8 Å². The number of nitrogens with two attached hydrogens (primary N) is 1. The van der Waals surface area contributed by atoms with Gasteiger partial charge in [-0.3, -0.25) is 4.79 Å². The van der Waals surface area contributed by atoms with Gasteiger partial charge in [-0.15, -0.1) is 0 Å². The topological polar surface area (TPSA) is 75.3 Å². The molecule has 0 aromatic carbocycles. The lowest BCUT2D eigenvalue weighted by Crippen LogP contribution is -2.44. The van der Waals surface area contributed by atoms with Crippen LogP contribution in [0.4, 0.5) is 5.82 Å². The summed E-state index contributed by atoms with van der Waals surface area (Å²) in [6.45, 7) is 2.38. The number of aromatic amines is 1. The number of H-pyrrole nitrogens is 1. The number of furan rings is 1. The van der Waals surface area contributed by atoms with Gasteiger partial charge in [0.05, 0.1) is 17.5 Å². The van der Waals surface area contributed by atoms with E-state index in [1.165, 1.54) is 38.3 Å². The second-order valence-electron chi connectivity index (χ2n) is 6.80. The molecule has 122 valence electrons. The van der Waals surface area contributed by atoms with Crippen molar-refractivity contribution in [2.45, 2.75) is 44.1 Å². The summed E-state index contributed by atoms with van der Waals surface area (Å²) in [5, 5.41) is 0. The Labute approximate surface area is 135 Å². The molecule has 4 heterocycles. The van der Waals surface area contributed by atoms with Crippen molar-refractivity contribution in [3.63, 3.8) is 0 Å². The summed E-state index contributed by atoms with van der Waals surface area (Å²) in [5.74, 6) is 1.04. The summed E-state index contributed by atoms with van der Waals surface area (Å²) in [4.78, 5) is 18.1. The van der Waals surface area contributed by atoms with Gasteiger partial charge in [-0.05, 0) is 62.4 Å². The first kappa shape index (κ1) is 14.6. The van der Waals surface area contributed by atoms with Crippen molar-refractivity contribution in [3.8, 4) is 0 Å². The Hall–Kier alpha value is -2.01. The van der Waals surface area contributed by atoms with E-state index in [2.05, 4.69) is 9.88 Å². The fraction of sp³-hybridized carbons (Fsp3) is 0.500. The number of fused-ring (bicyclic) bond motifs is 1. The molecule has 0 aliphatic carbocycles. The van der Waals surface area contributed by atoms with E-state index in [-0.39, 0.29) is 5.78 Å². The molecule has 0 spiro atoms. The normalized spacial score (nSPS) is 25.2. The van der Waals surface area contributed by atoms with Gasteiger partial charge in [-0.1, -0.05) is 6.42 Å². The van der Waals surface area contributed by atoms with Gasteiger partial charge in [0, 0.05) is 6.04 Å². The maximum Gasteiger partial charge on any atom is 0.212 e. The van der Waals surface area contributed by atoms with Gasteiger partial charge in [-0.25, -0.2) is 0 Å². The summed E-state index contributed by atoms with van der Waals surface area (Å²) >= 11 is 0. The van der Waals surface area contributed by atoms with Crippen LogP contribution < -0.4 is 5.73 Å². The number of hydrogen-bond acceptors (Lipinski definition) is 4. The van der Waals surface area contributed by atoms with Gasteiger partial charge in [0.15, 0.2) is 0 Å². The maximum absolute atomic E-state index is 12.4. The molecule has 4 rings (SSSR count). The molecule has 2 unspecified atom stereocenters. The van der Waals surface area contributed by atoms with Crippen molar-refractivity contribution in [1.82, 2.24) is 9.88 Å². The average Bonchev–Trinajstić information content (AvgIpc) is 3.23. The van der Waals surface area contributed by atoms with Crippen LogP contribution in [0.25, 0.3) is 0 Å². The lowest BCUT2D eigenvalue weighted by atomic mass is 9.82. The number of ketones is 1. The number of nitrogens with one attached hydrogen (secondary N) is 1. The molecule has 23 heavy (non-hydrogen) atoms. The highest BCUT2D eigenvalue weighted by Gasteiger charge is 2.32. The zero-order valence-corrected chi connectivity index (χ0v) is 13.3. The van der Waals surface area contributed by atoms with E-state index in [0.717, 1.165) is 24.9 Å². The predicted octanol–water partition coefficient (Wildman–Crippen LogP) is 3.15. The highest BCUT2D eigenvalue weighted by molar-refractivity contribution is 6.08. The van der Waals surface area contributed by atoms with E-state index >= 15 is 0 Å². The van der Waals surface area contributed by atoms with Crippen molar-refractivity contribution in [3.05, 3.63) is 41.5 Å². The maximum atomic E-state index is 12.4. The van der Waals surface area contributed by atoms with E-state index in [9.17, 15) is 4.79 Å². The number of nitrogens with zero attached hydrogens (tertiary/aromatic N) is 1. The van der Waals surface area contributed by atoms with E-state index in [1.807, 2.05) is 6.07 Å². The largest absolute Gasteiger partial charge is 0.472 e. The Morgan fingerprint density at radius 2 is 2.22 bits per heavy atom. The summed E-state index contributed by atoms with van der Waals surface area (Å²) in [7, 11) is 0. The molecular weight excluding hydrogens is 290 g/mol. The second-order valence-corrected chi connectivity index (χ2v) is 6.80. The van der Waals surface area contributed by atoms with Gasteiger partial charge in [-0.2, -0.15) is 0 Å². The fourth-order valence-electron chi connectivity index (χ4n) is 4.17. The smallest absolute Gasteiger partial charge is 0.212 e. The van der Waals surface area contributed by atoms with E-state index in [1.54, 1.807) is 6.07 Å². The summed E-state index contributed by atoms with van der Waals surface area (Å²) in [6, 6.07) is 4.32. The second kappa shape index (κ2) is 5.89. The standard InChI is InChI=1S/C18H23N3O2/c19-18-15(10-16(20-18)17(22)13-5-8-23-11-13)12-4-7-21-6-2-1-3-14(21)9-12/h5,8,10-12,14,20H,1-4,6-7,9,19H2. The highest BCUT2D eigenvalue weighted by Crippen LogP contribution is 2.38. The van der Waals surface area contributed by atoms with Crippen LogP contribution >= 0.6 is 0 Å². The molecule has 2 aliphatic rings. The Kier molecular flexibility index (Phi) is 3.73. The third kappa shape index (κ3) is 2.70. The molecular formula is C18H23N3O2. The number of piperidine rings is 2. The molecule has 0 saturated carbocycles. The molecule has 2 aliphatic heterocycles. The van der Waals surface area contributed by atoms with Crippen molar-refractivity contribution >= 4 is 11.6 Å². The Morgan fingerprint density at radius 1 is 1.30 bits per heavy atom. The molecule has 2 aromatic rings. The number of rotatable bonds is 3. The first-order valence-corrected chi connectivity index (χ1v) is 8.51. The predicted molar refractivity (Wildman–Crippen MR) is 88.5 cm³/mol. The third-order valence-corrected chi connectivity index (χ3v) is 5.42. The van der Waals surface area contributed by atoms with Gasteiger partial charge >= 0.3 is 0 Å². The fourth-order valence-corrected chi connectivity index (χ4v) is 4.17. The van der Waals surface area contributed by atoms with Crippen LogP contribution in [0.5, 0.6) is 0 Å². The lowest BCUT2D eigenvalue weighted by molar-refractivity contribution is 0.0976. The molecule has 0 radical (unpaired) electrons. The number of carbonyl (C=O) groups is 1. The lowest BCUT2D eigenvalue weighted by Gasteiger charge is -2.42. The average molecular weight is 313 g/mol. The zero-order chi connectivity index (χ0) is 15.8. The quantitative estimate of drug-likeness (QED) is 0.854. The van der Waals surface area contributed by atoms with Crippen LogP contribution in [0.2, 0.25) is 0 Å². The number of carbonyl (C=O) groups excluding carboxylic acids is 1. The molecule has 5 nitrogen and oxygen atoms in total. The molecule has 3 N–H and O–H groups in total. The summed E-state index contributed by atoms with van der Waals surface area (Å²) in [5.41, 5.74) is 8.42. The molecule has 2 saturated heterocycles. The van der Waals surface area contributed by atoms with Crippen molar-refractivity contribution in [2.24, 2.45) is 0 Å². The molecule has 2 atom stereocenters. The van der Waals surface area contributed by atoms with Crippen LogP contribution in [0.15, 0.2) is 29.1 Å². The van der Waals surface area contributed by atoms with Gasteiger partial charge in [0.2, 0.25) is 5.78 Å². The van der Waals surface area contributed by atoms with Crippen LogP contribution in [-0.4, -0.2) is 34.8 Å². The first-order valence-electron chi connectivity index (χ1n) is 8.51. The van der Waals surface area contributed by atoms with Crippen molar-refractivity contribution in [1.29, 1.82) is 0 Å². The van der Waals surface area contributed by atoms with E-state index < -0.39 is 0 Å². The van der Waals surface area contributed by atoms with Crippen LogP contribution in [-0.2, 0) is 0 Å². The van der Waals surface area contributed by atoms with Crippen LogP contribution in [0.1, 0.15) is 59.6 Å². The minimum atomic E-state index is -0.0631. The highest BCUT2D eigenvalue weighted by atomic mass is 16.3. The first-order chi connectivity index (χ1) is 11.2. The van der Waals surface area contributed by atoms with Crippen molar-refractivity contribution < 1.29 is 9.21 Å². The summed E-state index contributed by atoms with van der Waals surface area (Å²) < 4.78 is 5.00. The summed E-state index contributed by atoms with van der Waals surface area (Å²) in [6.07, 6.45) is 9.22. The molecule has 0 amide bonds. The molecule has 2 aromatic heterocycles. The molecule has 0 bridgehead atoms. The number of anilines is 1. The molecule has 5 heteroatoms. The van der Waals surface area contributed by atoms with E-state index in [0.29, 0.717) is 29.0 Å². The van der Waals surface area contributed by atoms with Gasteiger partial charge < -0.3 is 20.0 Å². The minimum absolute atomic E-state index is 0.0631. The zero-order valence-electron chi connectivity index (χ0n) is 13.3. The SMILES string of the molecule is Nc1[nH]c(C(=O)c2ccoc2)cc1C1CCN2CCCCC2C1. The minimum Gasteiger partial charge on any atom is -0.472 e. The Morgan fingerprint density at radius 3 is 3.04 bits per heavy atom. The molecule has 2 fully saturated rings. The van der Waals surface area contributed by atoms with Crippen LogP contribution in [0, 0.1) is 0 Å². The Bertz CT molecular complexity index is 689. The van der Waals surface area contributed by atoms with E-state index in [4.69, 9.17) is 10.2 Å². The van der Waals surface area contributed by atoms with Gasteiger partial charge in [0.25, 0.3) is 0 Å². The Balaban J connectivity index is 1.54. The number of hydrogen-bond donors (Lipinski definition) is 2. The number of aromatic nitrogens is 1. The number of nitrogen functional groups attached to an aromatic ring is 1. The third-order valence-electron chi connectivity index (χ3n) is 5.42.